The monoisotopic (exact) mass is 323 g/mol. The molecule has 0 spiro atoms. The van der Waals surface area contributed by atoms with Crippen LogP contribution in [0.1, 0.15) is 5.76 Å². The Labute approximate surface area is 131 Å². The highest BCUT2D eigenvalue weighted by atomic mass is 35.5. The molecule has 0 radical (unpaired) electrons. The number of carbonyl (C=O) groups is 2. The van der Waals surface area contributed by atoms with Crippen molar-refractivity contribution in [3.05, 3.63) is 40.8 Å². The number of fused-ring (bicyclic) bond motifs is 1. The van der Waals surface area contributed by atoms with Crippen molar-refractivity contribution < 1.29 is 23.5 Å². The van der Waals surface area contributed by atoms with Crippen molar-refractivity contribution in [1.82, 2.24) is 0 Å². The molecule has 0 amide bonds. The van der Waals surface area contributed by atoms with Gasteiger partial charge in [-0.25, -0.2) is 9.59 Å². The van der Waals surface area contributed by atoms with Gasteiger partial charge in [-0.05, 0) is 25.1 Å². The molecule has 0 atom stereocenters. The third-order valence-electron chi connectivity index (χ3n) is 2.84. The number of ether oxygens (including phenoxy) is 2. The topological polar surface area (TPSA) is 77.8 Å². The number of halogens is 1. The summed E-state index contributed by atoms with van der Waals surface area (Å²) in [6.45, 7) is 1.81. The maximum absolute atomic E-state index is 11.7. The summed E-state index contributed by atoms with van der Waals surface area (Å²) in [5.74, 6) is -0.670. The van der Waals surface area contributed by atoms with Crippen molar-refractivity contribution in [3.8, 4) is 0 Å². The molecule has 0 aliphatic rings. The van der Waals surface area contributed by atoms with Gasteiger partial charge in [0.25, 0.3) is 0 Å². The van der Waals surface area contributed by atoms with Crippen LogP contribution in [-0.4, -0.2) is 26.2 Å². The Morgan fingerprint density at radius 1 is 1.23 bits per heavy atom. The predicted molar refractivity (Wildman–Crippen MR) is 81.7 cm³/mol. The normalized spacial score (nSPS) is 11.4. The van der Waals surface area contributed by atoms with Gasteiger partial charge in [-0.15, -0.1) is 0 Å². The highest BCUT2D eigenvalue weighted by Crippen LogP contribution is 2.30. The first-order chi connectivity index (χ1) is 10.4. The summed E-state index contributed by atoms with van der Waals surface area (Å²) in [5, 5.41) is 3.95. The summed E-state index contributed by atoms with van der Waals surface area (Å²) in [6.07, 6.45) is 1.00. The molecule has 22 heavy (non-hydrogen) atoms. The van der Waals surface area contributed by atoms with E-state index in [1.54, 1.807) is 19.1 Å². The molecule has 0 fully saturated rings. The minimum absolute atomic E-state index is 0.0648. The zero-order valence-corrected chi connectivity index (χ0v) is 13.0. The lowest BCUT2D eigenvalue weighted by molar-refractivity contribution is -0.138. The lowest BCUT2D eigenvalue weighted by Gasteiger charge is -2.09. The molecule has 0 saturated carbocycles. The molecule has 0 aliphatic carbocycles. The molecule has 2 rings (SSSR count). The van der Waals surface area contributed by atoms with Crippen LogP contribution in [0, 0.1) is 6.92 Å². The highest BCUT2D eigenvalue weighted by molar-refractivity contribution is 6.35. The largest absolute Gasteiger partial charge is 0.466 e. The number of aryl methyl sites for hydroxylation is 1. The van der Waals surface area contributed by atoms with Crippen LogP contribution in [0.2, 0.25) is 5.02 Å². The van der Waals surface area contributed by atoms with E-state index in [0.717, 1.165) is 11.5 Å². The Kier molecular flexibility index (Phi) is 4.72. The van der Waals surface area contributed by atoms with Gasteiger partial charge in [0.15, 0.2) is 5.58 Å². The van der Waals surface area contributed by atoms with E-state index in [4.69, 9.17) is 16.0 Å². The van der Waals surface area contributed by atoms with Crippen LogP contribution in [0.3, 0.4) is 0 Å². The van der Waals surface area contributed by atoms with E-state index in [0.29, 0.717) is 22.1 Å². The summed E-state index contributed by atoms with van der Waals surface area (Å²) < 4.78 is 14.6. The zero-order chi connectivity index (χ0) is 16.3. The smallest absolute Gasteiger partial charge is 0.354 e. The van der Waals surface area contributed by atoms with Gasteiger partial charge in [0.1, 0.15) is 11.5 Å². The molecule has 6 nitrogen and oxygen atoms in total. The van der Waals surface area contributed by atoms with Crippen LogP contribution in [0.15, 0.2) is 34.4 Å². The third kappa shape index (κ3) is 3.40. The van der Waals surface area contributed by atoms with Crippen LogP contribution in [-0.2, 0) is 19.1 Å². The van der Waals surface area contributed by atoms with E-state index >= 15 is 0 Å². The van der Waals surface area contributed by atoms with Gasteiger partial charge in [-0.2, -0.15) is 0 Å². The van der Waals surface area contributed by atoms with Gasteiger partial charge in [0.2, 0.25) is 0 Å². The Bertz CT molecular complexity index is 763. The quantitative estimate of drug-likeness (QED) is 0.688. The second kappa shape index (κ2) is 6.53. The van der Waals surface area contributed by atoms with Crippen LogP contribution in [0.5, 0.6) is 0 Å². The molecule has 0 saturated heterocycles. The van der Waals surface area contributed by atoms with E-state index in [1.807, 2.05) is 6.07 Å². The summed E-state index contributed by atoms with van der Waals surface area (Å²) in [4.78, 5) is 23.0. The third-order valence-corrected chi connectivity index (χ3v) is 3.12. The molecule has 7 heteroatoms. The summed E-state index contributed by atoms with van der Waals surface area (Å²) in [5.41, 5.74) is 1.00. The SMILES string of the molecule is COC(=O)/C=C(/Nc1cc(Cl)c2oc(C)cc2c1)C(=O)OC. The number of methoxy groups -OCH3 is 2. The first kappa shape index (κ1) is 15.9. The number of carbonyl (C=O) groups excluding carboxylic acids is 2. The number of hydrogen-bond acceptors (Lipinski definition) is 6. The van der Waals surface area contributed by atoms with Gasteiger partial charge in [0.05, 0.1) is 25.3 Å². The van der Waals surface area contributed by atoms with Crippen molar-refractivity contribution in [1.29, 1.82) is 0 Å². The Hall–Kier alpha value is -2.47. The molecule has 1 heterocycles. The molecule has 0 aliphatic heterocycles. The number of esters is 2. The predicted octanol–water partition coefficient (Wildman–Crippen LogP) is 3.04. The van der Waals surface area contributed by atoms with Crippen molar-refractivity contribution in [2.45, 2.75) is 6.92 Å². The van der Waals surface area contributed by atoms with E-state index in [-0.39, 0.29) is 5.70 Å². The van der Waals surface area contributed by atoms with Gasteiger partial charge >= 0.3 is 11.9 Å². The van der Waals surface area contributed by atoms with Crippen molar-refractivity contribution in [2.75, 3.05) is 19.5 Å². The Morgan fingerprint density at radius 2 is 1.95 bits per heavy atom. The first-order valence-electron chi connectivity index (χ1n) is 6.29. The Morgan fingerprint density at radius 3 is 2.59 bits per heavy atom. The van der Waals surface area contributed by atoms with Gasteiger partial charge in [-0.3, -0.25) is 0 Å². The molecule has 2 aromatic rings. The second-order valence-corrected chi connectivity index (χ2v) is 4.84. The van der Waals surface area contributed by atoms with Gasteiger partial charge in [-0.1, -0.05) is 11.6 Å². The molecule has 1 N–H and O–H groups in total. The fourth-order valence-electron chi connectivity index (χ4n) is 1.90. The Balaban J connectivity index is 2.39. The van der Waals surface area contributed by atoms with Crippen LogP contribution in [0.4, 0.5) is 5.69 Å². The number of anilines is 1. The van der Waals surface area contributed by atoms with E-state index in [9.17, 15) is 9.59 Å². The van der Waals surface area contributed by atoms with Crippen molar-refractivity contribution >= 4 is 40.2 Å². The van der Waals surface area contributed by atoms with Gasteiger partial charge < -0.3 is 19.2 Å². The number of rotatable bonds is 4. The number of nitrogens with one attached hydrogen (secondary N) is 1. The fraction of sp³-hybridized carbons (Fsp3) is 0.200. The maximum Gasteiger partial charge on any atom is 0.354 e. The average Bonchev–Trinajstić information content (AvgIpc) is 2.86. The summed E-state index contributed by atoms with van der Waals surface area (Å²) in [6, 6.07) is 5.14. The number of benzene rings is 1. The van der Waals surface area contributed by atoms with Crippen molar-refractivity contribution in [2.24, 2.45) is 0 Å². The first-order valence-corrected chi connectivity index (χ1v) is 6.67. The fourth-order valence-corrected chi connectivity index (χ4v) is 2.16. The van der Waals surface area contributed by atoms with Crippen LogP contribution >= 0.6 is 11.6 Å². The molecule has 1 aromatic heterocycles. The van der Waals surface area contributed by atoms with E-state index in [1.165, 1.54) is 14.2 Å². The maximum atomic E-state index is 11.7. The molecule has 116 valence electrons. The zero-order valence-electron chi connectivity index (χ0n) is 12.2. The van der Waals surface area contributed by atoms with Crippen molar-refractivity contribution in [3.63, 3.8) is 0 Å². The van der Waals surface area contributed by atoms with Crippen LogP contribution in [0.25, 0.3) is 11.0 Å². The minimum Gasteiger partial charge on any atom is -0.466 e. The number of furan rings is 1. The molecular weight excluding hydrogens is 310 g/mol. The minimum atomic E-state index is -0.704. The lowest BCUT2D eigenvalue weighted by atomic mass is 10.2. The van der Waals surface area contributed by atoms with E-state index < -0.39 is 11.9 Å². The molecule has 1 aromatic carbocycles. The van der Waals surface area contributed by atoms with E-state index in [2.05, 4.69) is 14.8 Å². The highest BCUT2D eigenvalue weighted by Gasteiger charge is 2.14. The summed E-state index contributed by atoms with van der Waals surface area (Å²) in [7, 11) is 2.43. The second-order valence-electron chi connectivity index (χ2n) is 4.43. The van der Waals surface area contributed by atoms with Crippen LogP contribution < -0.4 is 5.32 Å². The molecule has 0 bridgehead atoms. The lowest BCUT2D eigenvalue weighted by Crippen LogP contribution is -2.15. The molecular formula is C15H14ClNO5. The number of hydrogen-bond donors (Lipinski definition) is 1. The summed E-state index contributed by atoms with van der Waals surface area (Å²) >= 11 is 6.14. The standard InChI is InChI=1S/C15H14ClNO5/c1-8-4-9-5-10(6-11(16)14(9)22-8)17-12(15(19)21-3)7-13(18)20-2/h4-7,17H,1-3H3/b12-7+. The molecule has 0 unspecified atom stereocenters. The van der Waals surface area contributed by atoms with Gasteiger partial charge in [0, 0.05) is 11.1 Å². The average molecular weight is 324 g/mol.